The van der Waals surface area contributed by atoms with Gasteiger partial charge in [-0.15, -0.1) is 0 Å². The molecule has 0 amide bonds. The molecule has 1 aliphatic heterocycles. The molecule has 0 aromatic carbocycles. The summed E-state index contributed by atoms with van der Waals surface area (Å²) in [7, 11) is 0. The number of hydrogen-bond acceptors (Lipinski definition) is 4. The number of nitrogens with one attached hydrogen (secondary N) is 1. The van der Waals surface area contributed by atoms with Crippen LogP contribution >= 0.6 is 0 Å². The van der Waals surface area contributed by atoms with E-state index in [1.165, 1.54) is 0 Å². The summed E-state index contributed by atoms with van der Waals surface area (Å²) in [5.41, 5.74) is 8.37. The second-order valence-electron chi connectivity index (χ2n) is 1.68. The van der Waals surface area contributed by atoms with Gasteiger partial charge in [0, 0.05) is 18.9 Å². The van der Waals surface area contributed by atoms with E-state index in [2.05, 4.69) is 10.4 Å². The molecule has 0 aliphatic carbocycles. The van der Waals surface area contributed by atoms with Crippen molar-refractivity contribution in [2.75, 3.05) is 6.54 Å². The molecule has 0 atom stereocenters. The van der Waals surface area contributed by atoms with Crippen LogP contribution in [0.5, 0.6) is 0 Å². The Hall–Kier alpha value is -1.19. The molecular weight excluding hydrogens is 116 g/mol. The summed E-state index contributed by atoms with van der Waals surface area (Å²) < 4.78 is 0. The van der Waals surface area contributed by atoms with Crippen molar-refractivity contribution in [3.8, 4) is 0 Å². The predicted octanol–water partition coefficient (Wildman–Crippen LogP) is -0.388. The number of nitrogens with two attached hydrogens (primary N) is 1. The number of rotatable bonds is 1. The average molecular weight is 126 g/mol. The zero-order chi connectivity index (χ0) is 6.69. The molecule has 4 nitrogen and oxygen atoms in total. The Bertz CT molecular complexity index is 149. The fourth-order valence-corrected chi connectivity index (χ4v) is 0.626. The highest BCUT2D eigenvalue weighted by atomic mass is 15.5. The van der Waals surface area contributed by atoms with Gasteiger partial charge < -0.3 is 11.2 Å². The summed E-state index contributed by atoms with van der Waals surface area (Å²) >= 11 is 0. The van der Waals surface area contributed by atoms with Gasteiger partial charge in [-0.3, -0.25) is 5.01 Å². The zero-order valence-electron chi connectivity index (χ0n) is 5.33. The van der Waals surface area contributed by atoms with Crippen LogP contribution in [0.3, 0.4) is 0 Å². The van der Waals surface area contributed by atoms with Gasteiger partial charge in [-0.2, -0.15) is 0 Å². The molecule has 0 aromatic heterocycles. The SMILES string of the molecule is CCN1NC=CN=C1N. The van der Waals surface area contributed by atoms with Gasteiger partial charge >= 0.3 is 0 Å². The van der Waals surface area contributed by atoms with Gasteiger partial charge in [-0.05, 0) is 6.92 Å². The van der Waals surface area contributed by atoms with Gasteiger partial charge in [-0.1, -0.05) is 0 Å². The topological polar surface area (TPSA) is 53.6 Å². The minimum atomic E-state index is 0.514. The summed E-state index contributed by atoms with van der Waals surface area (Å²) in [6.45, 7) is 2.81. The summed E-state index contributed by atoms with van der Waals surface area (Å²) in [4.78, 5) is 3.86. The second-order valence-corrected chi connectivity index (χ2v) is 1.68. The third kappa shape index (κ3) is 1.13. The van der Waals surface area contributed by atoms with Crippen LogP contribution < -0.4 is 11.2 Å². The summed E-state index contributed by atoms with van der Waals surface area (Å²) in [6.07, 6.45) is 3.36. The summed E-state index contributed by atoms with van der Waals surface area (Å²) in [5, 5.41) is 1.75. The standard InChI is InChI=1S/C5H10N4/c1-2-9-5(6)7-3-4-8-9/h3-4,8H,2H2,1H3,(H2,6,7). The van der Waals surface area contributed by atoms with Gasteiger partial charge in [0.1, 0.15) is 0 Å². The van der Waals surface area contributed by atoms with Crippen LogP contribution in [-0.4, -0.2) is 17.5 Å². The maximum absolute atomic E-state index is 5.45. The Morgan fingerprint density at radius 1 is 1.89 bits per heavy atom. The van der Waals surface area contributed by atoms with Gasteiger partial charge in [0.15, 0.2) is 0 Å². The lowest BCUT2D eigenvalue weighted by atomic mass is 10.6. The fourth-order valence-electron chi connectivity index (χ4n) is 0.626. The van der Waals surface area contributed by atoms with Crippen molar-refractivity contribution in [1.29, 1.82) is 0 Å². The Labute approximate surface area is 54.0 Å². The Kier molecular flexibility index (Phi) is 1.58. The quantitative estimate of drug-likeness (QED) is 0.503. The average Bonchev–Trinajstić information content (AvgIpc) is 1.89. The molecule has 1 rings (SSSR count). The van der Waals surface area contributed by atoms with E-state index in [-0.39, 0.29) is 0 Å². The number of guanidine groups is 1. The summed E-state index contributed by atoms with van der Waals surface area (Å²) in [5.74, 6) is 0.514. The molecule has 50 valence electrons. The van der Waals surface area contributed by atoms with Crippen LogP contribution in [0.2, 0.25) is 0 Å². The van der Waals surface area contributed by atoms with E-state index >= 15 is 0 Å². The first-order valence-electron chi connectivity index (χ1n) is 2.86. The largest absolute Gasteiger partial charge is 0.368 e. The Balaban J connectivity index is 2.59. The highest BCUT2D eigenvalue weighted by molar-refractivity contribution is 5.78. The van der Waals surface area contributed by atoms with Crippen LogP contribution in [0.1, 0.15) is 6.92 Å². The lowest BCUT2D eigenvalue weighted by Gasteiger charge is -2.22. The van der Waals surface area contributed by atoms with E-state index in [0.29, 0.717) is 5.96 Å². The molecule has 0 saturated heterocycles. The molecule has 0 fully saturated rings. The van der Waals surface area contributed by atoms with Crippen LogP contribution in [-0.2, 0) is 0 Å². The normalized spacial score (nSPS) is 17.0. The highest BCUT2D eigenvalue weighted by Gasteiger charge is 2.02. The first-order valence-corrected chi connectivity index (χ1v) is 2.86. The van der Waals surface area contributed by atoms with Crippen LogP contribution in [0.15, 0.2) is 17.4 Å². The molecule has 3 N–H and O–H groups in total. The molecule has 0 saturated carbocycles. The Morgan fingerprint density at radius 3 is 3.11 bits per heavy atom. The van der Waals surface area contributed by atoms with Gasteiger partial charge in [0.05, 0.1) is 0 Å². The molecule has 0 spiro atoms. The maximum Gasteiger partial charge on any atom is 0.215 e. The van der Waals surface area contributed by atoms with Crippen molar-refractivity contribution in [3.05, 3.63) is 12.4 Å². The lowest BCUT2D eigenvalue weighted by Crippen LogP contribution is -2.45. The monoisotopic (exact) mass is 126 g/mol. The lowest BCUT2D eigenvalue weighted by molar-refractivity contribution is 0.366. The predicted molar refractivity (Wildman–Crippen MR) is 36.3 cm³/mol. The van der Waals surface area contributed by atoms with Crippen molar-refractivity contribution in [2.45, 2.75) is 6.92 Å². The smallest absolute Gasteiger partial charge is 0.215 e. The van der Waals surface area contributed by atoms with E-state index in [0.717, 1.165) is 6.54 Å². The molecule has 0 unspecified atom stereocenters. The first-order chi connectivity index (χ1) is 4.34. The van der Waals surface area contributed by atoms with Crippen molar-refractivity contribution in [2.24, 2.45) is 10.7 Å². The van der Waals surface area contributed by atoms with Crippen molar-refractivity contribution < 1.29 is 0 Å². The molecule has 0 aromatic rings. The van der Waals surface area contributed by atoms with Gasteiger partial charge in [0.25, 0.3) is 0 Å². The van der Waals surface area contributed by atoms with Gasteiger partial charge in [0.2, 0.25) is 5.96 Å². The summed E-state index contributed by atoms with van der Waals surface area (Å²) in [6, 6.07) is 0. The molecule has 1 aliphatic rings. The number of aliphatic imine (C=N–C) groups is 1. The molecule has 0 radical (unpaired) electrons. The maximum atomic E-state index is 5.45. The zero-order valence-corrected chi connectivity index (χ0v) is 5.33. The molecule has 4 heteroatoms. The molecular formula is C5H10N4. The number of hydrazine groups is 1. The van der Waals surface area contributed by atoms with Crippen molar-refractivity contribution in [1.82, 2.24) is 10.4 Å². The van der Waals surface area contributed by atoms with E-state index < -0.39 is 0 Å². The van der Waals surface area contributed by atoms with E-state index in [1.807, 2.05) is 6.92 Å². The van der Waals surface area contributed by atoms with Gasteiger partial charge in [-0.25, -0.2) is 4.99 Å². The second kappa shape index (κ2) is 2.39. The third-order valence-electron chi connectivity index (χ3n) is 1.10. The first kappa shape index (κ1) is 5.94. The molecule has 0 bridgehead atoms. The van der Waals surface area contributed by atoms with Crippen LogP contribution in [0.25, 0.3) is 0 Å². The number of hydrogen-bond donors (Lipinski definition) is 2. The minimum Gasteiger partial charge on any atom is -0.368 e. The van der Waals surface area contributed by atoms with E-state index in [4.69, 9.17) is 5.73 Å². The van der Waals surface area contributed by atoms with E-state index in [9.17, 15) is 0 Å². The van der Waals surface area contributed by atoms with E-state index in [1.54, 1.807) is 17.4 Å². The van der Waals surface area contributed by atoms with Crippen LogP contribution in [0.4, 0.5) is 0 Å². The molecule has 9 heavy (non-hydrogen) atoms. The van der Waals surface area contributed by atoms with Crippen LogP contribution in [0, 0.1) is 0 Å². The van der Waals surface area contributed by atoms with Crippen molar-refractivity contribution in [3.63, 3.8) is 0 Å². The Morgan fingerprint density at radius 2 is 2.67 bits per heavy atom. The third-order valence-corrected chi connectivity index (χ3v) is 1.10. The number of nitrogens with zero attached hydrogens (tertiary/aromatic N) is 2. The molecule has 1 heterocycles. The fraction of sp³-hybridized carbons (Fsp3) is 0.400. The minimum absolute atomic E-state index is 0.514. The van der Waals surface area contributed by atoms with Crippen molar-refractivity contribution >= 4 is 5.96 Å². The highest BCUT2D eigenvalue weighted by Crippen LogP contribution is 1.88.